The van der Waals surface area contributed by atoms with E-state index in [1.165, 1.54) is 0 Å². The molecule has 1 N–H and O–H groups in total. The number of nitrogens with zero attached hydrogens (tertiary/aromatic N) is 1. The molecule has 1 unspecified atom stereocenters. The molecule has 6 heteroatoms. The van der Waals surface area contributed by atoms with Crippen molar-refractivity contribution in [1.29, 1.82) is 0 Å². The second kappa shape index (κ2) is 7.94. The fourth-order valence-corrected chi connectivity index (χ4v) is 3.36. The minimum atomic E-state index is -0.244. The minimum Gasteiger partial charge on any atom is -0.491 e. The van der Waals surface area contributed by atoms with Crippen molar-refractivity contribution in [2.24, 2.45) is 0 Å². The van der Waals surface area contributed by atoms with Crippen LogP contribution in [0.25, 0.3) is 10.9 Å². The zero-order chi connectivity index (χ0) is 18.6. The molecule has 1 amide bonds. The smallest absolute Gasteiger partial charge is 0.255 e. The summed E-state index contributed by atoms with van der Waals surface area (Å²) in [4.78, 5) is 17.1. The summed E-state index contributed by atoms with van der Waals surface area (Å²) in [6, 6.07) is 14.4. The van der Waals surface area contributed by atoms with Crippen molar-refractivity contribution >= 4 is 34.1 Å². The van der Waals surface area contributed by atoms with Crippen molar-refractivity contribution in [3.63, 3.8) is 0 Å². The number of fused-ring (bicyclic) bond motifs is 1. The number of rotatable bonds is 5. The van der Waals surface area contributed by atoms with E-state index in [9.17, 15) is 4.79 Å². The van der Waals surface area contributed by atoms with Crippen molar-refractivity contribution in [3.8, 4) is 5.75 Å². The number of amides is 1. The van der Waals surface area contributed by atoms with Crippen LogP contribution in [-0.4, -0.2) is 30.2 Å². The molecule has 3 aromatic rings. The summed E-state index contributed by atoms with van der Waals surface area (Å²) in [6.07, 6.45) is 3.89. The first-order valence-corrected chi connectivity index (χ1v) is 9.27. The highest BCUT2D eigenvalue weighted by molar-refractivity contribution is 6.32. The van der Waals surface area contributed by atoms with Crippen LogP contribution in [0.2, 0.25) is 5.02 Å². The van der Waals surface area contributed by atoms with Crippen molar-refractivity contribution in [2.75, 3.05) is 18.5 Å². The Bertz CT molecular complexity index is 971. The van der Waals surface area contributed by atoms with Gasteiger partial charge in [0.2, 0.25) is 0 Å². The standard InChI is InChI=1S/C21H19ClN2O3/c22-16-10-14-5-2-8-23-20(14)19(12-16)24-21(25)15-4-1-6-17(11-15)27-13-18-7-3-9-26-18/h1-2,4-6,8,10-12,18H,3,7,9,13H2,(H,24,25). The van der Waals surface area contributed by atoms with Gasteiger partial charge in [-0.1, -0.05) is 23.7 Å². The van der Waals surface area contributed by atoms with Crippen LogP contribution >= 0.6 is 11.6 Å². The van der Waals surface area contributed by atoms with Crippen LogP contribution in [0.4, 0.5) is 5.69 Å². The summed E-state index contributed by atoms with van der Waals surface area (Å²) in [5.41, 5.74) is 1.78. The van der Waals surface area contributed by atoms with Crippen LogP contribution in [0.3, 0.4) is 0 Å². The third kappa shape index (κ3) is 4.21. The summed E-state index contributed by atoms with van der Waals surface area (Å²) in [5.74, 6) is 0.402. The fraction of sp³-hybridized carbons (Fsp3) is 0.238. The molecule has 0 bridgehead atoms. The fourth-order valence-electron chi connectivity index (χ4n) is 3.14. The molecule has 0 saturated carbocycles. The maximum atomic E-state index is 12.7. The number of benzene rings is 2. The molecule has 1 atom stereocenters. The quantitative estimate of drug-likeness (QED) is 0.694. The molecule has 0 radical (unpaired) electrons. The van der Waals surface area contributed by atoms with Gasteiger partial charge in [-0.2, -0.15) is 0 Å². The molecule has 138 valence electrons. The van der Waals surface area contributed by atoms with Gasteiger partial charge in [0.25, 0.3) is 5.91 Å². The predicted octanol–water partition coefficient (Wildman–Crippen LogP) is 4.70. The van der Waals surface area contributed by atoms with Crippen molar-refractivity contribution in [1.82, 2.24) is 4.98 Å². The Kier molecular flexibility index (Phi) is 5.23. The lowest BCUT2D eigenvalue weighted by Gasteiger charge is -2.13. The molecule has 1 aliphatic heterocycles. The van der Waals surface area contributed by atoms with Gasteiger partial charge in [0, 0.05) is 28.8 Å². The highest BCUT2D eigenvalue weighted by atomic mass is 35.5. The summed E-state index contributed by atoms with van der Waals surface area (Å²) in [6.45, 7) is 1.28. The first-order chi connectivity index (χ1) is 13.2. The highest BCUT2D eigenvalue weighted by Crippen LogP contribution is 2.27. The number of carbonyl (C=O) groups excluding carboxylic acids is 1. The first-order valence-electron chi connectivity index (χ1n) is 8.89. The van der Waals surface area contributed by atoms with Gasteiger partial charge in [0.1, 0.15) is 12.4 Å². The average Bonchev–Trinajstić information content (AvgIpc) is 3.20. The normalized spacial score (nSPS) is 16.4. The average molecular weight is 383 g/mol. The Balaban J connectivity index is 1.51. The maximum Gasteiger partial charge on any atom is 0.255 e. The number of aromatic nitrogens is 1. The second-order valence-electron chi connectivity index (χ2n) is 6.46. The van der Waals surface area contributed by atoms with E-state index in [2.05, 4.69) is 10.3 Å². The summed E-state index contributed by atoms with van der Waals surface area (Å²) < 4.78 is 11.3. The topological polar surface area (TPSA) is 60.5 Å². The van der Waals surface area contributed by atoms with Crippen LogP contribution in [0, 0.1) is 0 Å². The number of hydrogen-bond acceptors (Lipinski definition) is 4. The highest BCUT2D eigenvalue weighted by Gasteiger charge is 2.16. The molecular formula is C21H19ClN2O3. The van der Waals surface area contributed by atoms with Crippen LogP contribution in [0.5, 0.6) is 5.75 Å². The molecular weight excluding hydrogens is 364 g/mol. The van der Waals surface area contributed by atoms with Gasteiger partial charge in [0.05, 0.1) is 17.3 Å². The van der Waals surface area contributed by atoms with E-state index in [0.29, 0.717) is 34.1 Å². The van der Waals surface area contributed by atoms with Crippen LogP contribution < -0.4 is 10.1 Å². The third-order valence-electron chi connectivity index (χ3n) is 4.47. The molecule has 27 heavy (non-hydrogen) atoms. The summed E-state index contributed by atoms with van der Waals surface area (Å²) >= 11 is 6.17. The number of nitrogens with one attached hydrogen (secondary N) is 1. The molecule has 4 rings (SSSR count). The van der Waals surface area contributed by atoms with Crippen molar-refractivity contribution in [2.45, 2.75) is 18.9 Å². The van der Waals surface area contributed by atoms with Gasteiger partial charge >= 0.3 is 0 Å². The molecule has 2 aromatic carbocycles. The van der Waals surface area contributed by atoms with Gasteiger partial charge in [-0.3, -0.25) is 9.78 Å². The minimum absolute atomic E-state index is 0.131. The van der Waals surface area contributed by atoms with Gasteiger partial charge in [-0.05, 0) is 49.2 Å². The van der Waals surface area contributed by atoms with E-state index in [4.69, 9.17) is 21.1 Å². The summed E-state index contributed by atoms with van der Waals surface area (Å²) in [5, 5.41) is 4.31. The van der Waals surface area contributed by atoms with Gasteiger partial charge in [-0.15, -0.1) is 0 Å². The maximum absolute atomic E-state index is 12.7. The Hall–Kier alpha value is -2.63. The van der Waals surface area contributed by atoms with Gasteiger partial charge in [0.15, 0.2) is 0 Å². The molecule has 1 fully saturated rings. The largest absolute Gasteiger partial charge is 0.491 e. The third-order valence-corrected chi connectivity index (χ3v) is 4.69. The zero-order valence-electron chi connectivity index (χ0n) is 14.7. The van der Waals surface area contributed by atoms with Gasteiger partial charge < -0.3 is 14.8 Å². The predicted molar refractivity (Wildman–Crippen MR) is 106 cm³/mol. The van der Waals surface area contributed by atoms with Gasteiger partial charge in [-0.25, -0.2) is 0 Å². The molecule has 2 heterocycles. The lowest BCUT2D eigenvalue weighted by molar-refractivity contribution is 0.0679. The Morgan fingerprint density at radius 2 is 2.19 bits per heavy atom. The number of halogens is 1. The Morgan fingerprint density at radius 1 is 1.26 bits per heavy atom. The van der Waals surface area contributed by atoms with Crippen molar-refractivity contribution < 1.29 is 14.3 Å². The van der Waals surface area contributed by atoms with E-state index >= 15 is 0 Å². The van der Waals surface area contributed by atoms with E-state index < -0.39 is 0 Å². The number of anilines is 1. The lowest BCUT2D eigenvalue weighted by atomic mass is 10.1. The SMILES string of the molecule is O=C(Nc1cc(Cl)cc2cccnc12)c1cccc(OCC2CCCO2)c1. The molecule has 0 spiro atoms. The Morgan fingerprint density at radius 3 is 3.04 bits per heavy atom. The van der Waals surface area contributed by atoms with Crippen LogP contribution in [0.1, 0.15) is 23.2 Å². The molecule has 1 aromatic heterocycles. The van der Waals surface area contributed by atoms with E-state index in [0.717, 1.165) is 24.8 Å². The molecule has 5 nitrogen and oxygen atoms in total. The molecule has 1 aliphatic rings. The van der Waals surface area contributed by atoms with Crippen molar-refractivity contribution in [3.05, 3.63) is 65.3 Å². The Labute approximate surface area is 162 Å². The summed E-state index contributed by atoms with van der Waals surface area (Å²) in [7, 11) is 0. The molecule has 0 aliphatic carbocycles. The van der Waals surface area contributed by atoms with E-state index in [-0.39, 0.29) is 12.0 Å². The number of carbonyl (C=O) groups is 1. The second-order valence-corrected chi connectivity index (χ2v) is 6.89. The van der Waals surface area contributed by atoms with Crippen LogP contribution in [-0.2, 0) is 4.74 Å². The molecule has 1 saturated heterocycles. The van der Waals surface area contributed by atoms with E-state index in [1.807, 2.05) is 24.3 Å². The lowest BCUT2D eigenvalue weighted by Crippen LogP contribution is -2.17. The monoisotopic (exact) mass is 382 g/mol. The number of hydrogen-bond donors (Lipinski definition) is 1. The number of pyridine rings is 1. The first kappa shape index (κ1) is 17.8. The zero-order valence-corrected chi connectivity index (χ0v) is 15.4. The number of ether oxygens (including phenoxy) is 2. The van der Waals surface area contributed by atoms with E-state index in [1.54, 1.807) is 30.5 Å². The van der Waals surface area contributed by atoms with Crippen LogP contribution in [0.15, 0.2) is 54.7 Å².